The molecule has 0 aliphatic rings. The molecule has 0 fully saturated rings. The second-order valence-electron chi connectivity index (χ2n) is 4.37. The number of nitrogens with zero attached hydrogens (tertiary/aromatic N) is 2. The predicted octanol–water partition coefficient (Wildman–Crippen LogP) is 3.01. The Kier molecular flexibility index (Phi) is 2.97. The minimum absolute atomic E-state index is 0.0506. The molecule has 0 aliphatic carbocycles. The molecule has 0 atom stereocenters. The summed E-state index contributed by atoms with van der Waals surface area (Å²) in [4.78, 5) is 4.22. The molecule has 4 nitrogen and oxygen atoms in total. The van der Waals surface area contributed by atoms with Gasteiger partial charge in [-0.1, -0.05) is 0 Å². The van der Waals surface area contributed by atoms with Crippen LogP contribution in [0.1, 0.15) is 0 Å². The highest BCUT2D eigenvalue weighted by molar-refractivity contribution is 5.77. The highest BCUT2D eigenvalue weighted by atomic mass is 19.2. The van der Waals surface area contributed by atoms with Crippen molar-refractivity contribution in [1.82, 2.24) is 9.38 Å². The van der Waals surface area contributed by atoms with Crippen LogP contribution in [0.4, 0.5) is 19.0 Å². The summed E-state index contributed by atoms with van der Waals surface area (Å²) in [5.41, 5.74) is 6.54. The zero-order valence-corrected chi connectivity index (χ0v) is 10.9. The van der Waals surface area contributed by atoms with Crippen LogP contribution < -0.4 is 10.5 Å². The summed E-state index contributed by atoms with van der Waals surface area (Å²) in [5.74, 6) is -3.49. The Bertz CT molecular complexity index is 822. The van der Waals surface area contributed by atoms with Crippen LogP contribution in [-0.2, 0) is 0 Å². The van der Waals surface area contributed by atoms with Gasteiger partial charge in [-0.25, -0.2) is 18.2 Å². The molecule has 0 bridgehead atoms. The molecule has 3 rings (SSSR count). The standard InChI is InChI=1S/C14H10F3N3O/c1-21-10-3-2-4-20-13(18)12(19-14(10)20)7-5-8(15)11(17)9(16)6-7/h2-6H,18H2,1H3. The number of anilines is 1. The summed E-state index contributed by atoms with van der Waals surface area (Å²) >= 11 is 0. The van der Waals surface area contributed by atoms with Gasteiger partial charge in [0.05, 0.1) is 7.11 Å². The third-order valence-electron chi connectivity index (χ3n) is 3.13. The van der Waals surface area contributed by atoms with Crippen molar-refractivity contribution >= 4 is 11.5 Å². The lowest BCUT2D eigenvalue weighted by Gasteiger charge is -2.02. The number of hydrogen-bond acceptors (Lipinski definition) is 3. The predicted molar refractivity (Wildman–Crippen MR) is 71.5 cm³/mol. The highest BCUT2D eigenvalue weighted by Gasteiger charge is 2.18. The van der Waals surface area contributed by atoms with E-state index in [-0.39, 0.29) is 17.1 Å². The molecule has 7 heteroatoms. The van der Waals surface area contributed by atoms with Crippen molar-refractivity contribution in [2.24, 2.45) is 0 Å². The number of halogens is 3. The van der Waals surface area contributed by atoms with Gasteiger partial charge in [0.1, 0.15) is 11.5 Å². The van der Waals surface area contributed by atoms with Crippen LogP contribution in [0.5, 0.6) is 5.75 Å². The van der Waals surface area contributed by atoms with E-state index in [1.165, 1.54) is 11.5 Å². The number of fused-ring (bicyclic) bond motifs is 1. The molecular weight excluding hydrogens is 283 g/mol. The van der Waals surface area contributed by atoms with E-state index in [1.807, 2.05) is 0 Å². The van der Waals surface area contributed by atoms with Gasteiger partial charge in [-0.15, -0.1) is 0 Å². The van der Waals surface area contributed by atoms with E-state index in [9.17, 15) is 13.2 Å². The SMILES string of the molecule is COc1cccn2c(N)c(-c3cc(F)c(F)c(F)c3)nc12. The minimum Gasteiger partial charge on any atom is -0.493 e. The van der Waals surface area contributed by atoms with Gasteiger partial charge in [0, 0.05) is 11.8 Å². The van der Waals surface area contributed by atoms with Crippen LogP contribution in [0.25, 0.3) is 16.9 Å². The molecule has 0 radical (unpaired) electrons. The molecule has 2 heterocycles. The van der Waals surface area contributed by atoms with E-state index in [4.69, 9.17) is 10.5 Å². The fourth-order valence-corrected chi connectivity index (χ4v) is 2.12. The fourth-order valence-electron chi connectivity index (χ4n) is 2.12. The topological polar surface area (TPSA) is 52.5 Å². The zero-order chi connectivity index (χ0) is 15.1. The van der Waals surface area contributed by atoms with E-state index in [2.05, 4.69) is 4.98 Å². The van der Waals surface area contributed by atoms with Crippen molar-refractivity contribution in [3.05, 3.63) is 47.9 Å². The van der Waals surface area contributed by atoms with Crippen molar-refractivity contribution in [3.63, 3.8) is 0 Å². The number of benzene rings is 1. The first-order valence-corrected chi connectivity index (χ1v) is 5.98. The molecule has 108 valence electrons. The molecule has 0 aliphatic heterocycles. The molecule has 0 saturated carbocycles. The highest BCUT2D eigenvalue weighted by Crippen LogP contribution is 2.31. The molecule has 0 unspecified atom stereocenters. The maximum Gasteiger partial charge on any atom is 0.194 e. The van der Waals surface area contributed by atoms with Crippen LogP contribution >= 0.6 is 0 Å². The zero-order valence-electron chi connectivity index (χ0n) is 10.9. The Hall–Kier alpha value is -2.70. The first-order chi connectivity index (χ1) is 10.0. The second kappa shape index (κ2) is 4.69. The Morgan fingerprint density at radius 3 is 2.48 bits per heavy atom. The van der Waals surface area contributed by atoms with Gasteiger partial charge in [0.25, 0.3) is 0 Å². The summed E-state index contributed by atoms with van der Waals surface area (Å²) in [6.45, 7) is 0. The number of hydrogen-bond donors (Lipinski definition) is 1. The first kappa shape index (κ1) is 13.3. The van der Waals surface area contributed by atoms with Crippen molar-refractivity contribution in [1.29, 1.82) is 0 Å². The van der Waals surface area contributed by atoms with Gasteiger partial charge in [0.15, 0.2) is 28.8 Å². The quantitative estimate of drug-likeness (QED) is 0.739. The molecule has 0 spiro atoms. The third-order valence-corrected chi connectivity index (χ3v) is 3.13. The number of ether oxygens (including phenoxy) is 1. The fraction of sp³-hybridized carbons (Fsp3) is 0.0714. The Balaban J connectivity index is 2.28. The number of methoxy groups -OCH3 is 1. The number of aromatic nitrogens is 2. The normalized spacial score (nSPS) is 11.0. The Morgan fingerprint density at radius 2 is 1.86 bits per heavy atom. The van der Waals surface area contributed by atoms with Gasteiger partial charge in [0.2, 0.25) is 0 Å². The molecule has 3 aromatic rings. The molecular formula is C14H10F3N3O. The van der Waals surface area contributed by atoms with Crippen molar-refractivity contribution in [3.8, 4) is 17.0 Å². The summed E-state index contributed by atoms with van der Waals surface area (Å²) in [6.07, 6.45) is 1.64. The molecule has 0 saturated heterocycles. The molecule has 0 amide bonds. The van der Waals surface area contributed by atoms with Gasteiger partial charge >= 0.3 is 0 Å². The van der Waals surface area contributed by atoms with Gasteiger partial charge in [-0.05, 0) is 24.3 Å². The number of rotatable bonds is 2. The maximum atomic E-state index is 13.3. The molecule has 2 N–H and O–H groups in total. The largest absolute Gasteiger partial charge is 0.493 e. The van der Waals surface area contributed by atoms with Crippen molar-refractivity contribution in [2.75, 3.05) is 12.8 Å². The molecule has 1 aromatic carbocycles. The molecule has 2 aromatic heterocycles. The second-order valence-corrected chi connectivity index (χ2v) is 4.37. The van der Waals surface area contributed by atoms with Gasteiger partial charge in [-0.2, -0.15) is 0 Å². The lowest BCUT2D eigenvalue weighted by atomic mass is 10.1. The summed E-state index contributed by atoms with van der Waals surface area (Å²) in [6, 6.07) is 5.07. The number of imidazole rings is 1. The summed E-state index contributed by atoms with van der Waals surface area (Å²) in [5, 5.41) is 0. The van der Waals surface area contributed by atoms with Gasteiger partial charge in [-0.3, -0.25) is 4.40 Å². The summed E-state index contributed by atoms with van der Waals surface area (Å²) in [7, 11) is 1.47. The van der Waals surface area contributed by atoms with Crippen molar-refractivity contribution in [2.45, 2.75) is 0 Å². The average molecular weight is 293 g/mol. The van der Waals surface area contributed by atoms with Crippen LogP contribution in [0.15, 0.2) is 30.5 Å². The van der Waals surface area contributed by atoms with Crippen molar-refractivity contribution < 1.29 is 17.9 Å². The lowest BCUT2D eigenvalue weighted by Crippen LogP contribution is -1.96. The monoisotopic (exact) mass is 293 g/mol. The number of nitrogen functional groups attached to an aromatic ring is 1. The third kappa shape index (κ3) is 1.97. The minimum atomic E-state index is -1.53. The van der Waals surface area contributed by atoms with E-state index in [1.54, 1.807) is 18.3 Å². The first-order valence-electron chi connectivity index (χ1n) is 5.98. The average Bonchev–Trinajstić information content (AvgIpc) is 2.81. The van der Waals surface area contributed by atoms with E-state index >= 15 is 0 Å². The van der Waals surface area contributed by atoms with E-state index in [0.717, 1.165) is 12.1 Å². The Morgan fingerprint density at radius 1 is 1.19 bits per heavy atom. The smallest absolute Gasteiger partial charge is 0.194 e. The van der Waals surface area contributed by atoms with E-state index in [0.29, 0.717) is 11.4 Å². The number of pyridine rings is 1. The van der Waals surface area contributed by atoms with Gasteiger partial charge < -0.3 is 10.5 Å². The van der Waals surface area contributed by atoms with E-state index < -0.39 is 17.5 Å². The molecule has 21 heavy (non-hydrogen) atoms. The Labute approximate surface area is 117 Å². The van der Waals surface area contributed by atoms with Crippen LogP contribution in [0, 0.1) is 17.5 Å². The number of nitrogens with two attached hydrogens (primary N) is 1. The van der Waals surface area contributed by atoms with Crippen LogP contribution in [0.2, 0.25) is 0 Å². The summed E-state index contributed by atoms with van der Waals surface area (Å²) < 4.78 is 46.4. The van der Waals surface area contributed by atoms with Crippen LogP contribution in [0.3, 0.4) is 0 Å². The van der Waals surface area contributed by atoms with Crippen LogP contribution in [-0.4, -0.2) is 16.5 Å². The lowest BCUT2D eigenvalue weighted by molar-refractivity contribution is 0.417. The maximum absolute atomic E-state index is 13.3.